The molecular formula is C20H36O6. The minimum atomic E-state index is -0.696. The Morgan fingerprint density at radius 1 is 0.923 bits per heavy atom. The van der Waals surface area contributed by atoms with Gasteiger partial charge in [-0.25, -0.2) is 9.59 Å². The van der Waals surface area contributed by atoms with Gasteiger partial charge in [0.2, 0.25) is 0 Å². The summed E-state index contributed by atoms with van der Waals surface area (Å²) in [6.45, 7) is 8.86. The van der Waals surface area contributed by atoms with Crippen LogP contribution in [0.3, 0.4) is 0 Å². The van der Waals surface area contributed by atoms with Gasteiger partial charge >= 0.3 is 12.3 Å². The molecule has 0 N–H and O–H groups in total. The van der Waals surface area contributed by atoms with E-state index in [0.717, 1.165) is 38.5 Å². The lowest BCUT2D eigenvalue weighted by Gasteiger charge is -2.30. The molecule has 26 heavy (non-hydrogen) atoms. The molecule has 0 heterocycles. The number of rotatable bonds is 10. The maximum Gasteiger partial charge on any atom is 0.508 e. The van der Waals surface area contributed by atoms with Crippen LogP contribution in [-0.2, 0) is 18.9 Å². The molecule has 3 unspecified atom stereocenters. The fraction of sp³-hybridized carbons (Fsp3) is 0.900. The number of carbonyl (C=O) groups excluding carboxylic acids is 2. The van der Waals surface area contributed by atoms with E-state index < -0.39 is 24.5 Å². The lowest BCUT2D eigenvalue weighted by Crippen LogP contribution is -2.38. The quantitative estimate of drug-likeness (QED) is 0.473. The fourth-order valence-electron chi connectivity index (χ4n) is 2.97. The van der Waals surface area contributed by atoms with Gasteiger partial charge in [-0.05, 0) is 43.9 Å². The van der Waals surface area contributed by atoms with Crippen LogP contribution in [0.4, 0.5) is 9.59 Å². The van der Waals surface area contributed by atoms with Crippen molar-refractivity contribution in [1.82, 2.24) is 0 Å². The third-order valence-electron chi connectivity index (χ3n) is 4.65. The van der Waals surface area contributed by atoms with Gasteiger partial charge < -0.3 is 18.9 Å². The average Bonchev–Trinajstić information content (AvgIpc) is 2.62. The van der Waals surface area contributed by atoms with Crippen molar-refractivity contribution in [3.05, 3.63) is 0 Å². The first-order valence-electron chi connectivity index (χ1n) is 10.1. The molecule has 0 saturated heterocycles. The molecule has 3 atom stereocenters. The Balaban J connectivity index is 2.41. The Morgan fingerprint density at radius 3 is 1.92 bits per heavy atom. The van der Waals surface area contributed by atoms with Crippen LogP contribution < -0.4 is 0 Å². The summed E-state index contributed by atoms with van der Waals surface area (Å²) in [7, 11) is 0. The molecule has 6 heteroatoms. The summed E-state index contributed by atoms with van der Waals surface area (Å²) in [5, 5.41) is 0. The standard InChI is InChI=1S/C20H36O6/c1-5-7-10-16(6-2)14-24-20(22)26-18-12-9-8-11-17(18)25-19(21)23-13-15(3)4/h15-18H,5-14H2,1-4H3. The molecule has 0 bridgehead atoms. The van der Waals surface area contributed by atoms with E-state index in [-0.39, 0.29) is 5.92 Å². The van der Waals surface area contributed by atoms with Crippen LogP contribution in [0.5, 0.6) is 0 Å². The van der Waals surface area contributed by atoms with E-state index in [9.17, 15) is 9.59 Å². The first kappa shape index (κ1) is 22.6. The molecule has 0 aromatic heterocycles. The van der Waals surface area contributed by atoms with Crippen molar-refractivity contribution in [3.63, 3.8) is 0 Å². The van der Waals surface area contributed by atoms with Crippen LogP contribution in [-0.4, -0.2) is 37.7 Å². The molecule has 1 aliphatic rings. The third kappa shape index (κ3) is 9.30. The Morgan fingerprint density at radius 2 is 1.46 bits per heavy atom. The highest BCUT2D eigenvalue weighted by Gasteiger charge is 2.32. The van der Waals surface area contributed by atoms with Crippen molar-refractivity contribution in [2.24, 2.45) is 11.8 Å². The van der Waals surface area contributed by atoms with Gasteiger partial charge in [-0.3, -0.25) is 0 Å². The van der Waals surface area contributed by atoms with Crippen LogP contribution >= 0.6 is 0 Å². The van der Waals surface area contributed by atoms with Crippen molar-refractivity contribution < 1.29 is 28.5 Å². The normalized spacial score (nSPS) is 21.1. The summed E-state index contributed by atoms with van der Waals surface area (Å²) in [6.07, 6.45) is 5.22. The largest absolute Gasteiger partial charge is 0.508 e. The van der Waals surface area contributed by atoms with Crippen molar-refractivity contribution in [3.8, 4) is 0 Å². The summed E-state index contributed by atoms with van der Waals surface area (Å²) in [4.78, 5) is 23.8. The SMILES string of the molecule is CCCCC(CC)COC(=O)OC1CCCCC1OC(=O)OCC(C)C. The molecular weight excluding hydrogens is 336 g/mol. The van der Waals surface area contributed by atoms with Crippen molar-refractivity contribution in [1.29, 1.82) is 0 Å². The third-order valence-corrected chi connectivity index (χ3v) is 4.65. The molecule has 1 aliphatic carbocycles. The molecule has 1 fully saturated rings. The minimum Gasteiger partial charge on any atom is -0.434 e. The van der Waals surface area contributed by atoms with Crippen LogP contribution in [0.1, 0.15) is 79.1 Å². The van der Waals surface area contributed by atoms with Crippen molar-refractivity contribution in [2.75, 3.05) is 13.2 Å². The zero-order chi connectivity index (χ0) is 19.4. The van der Waals surface area contributed by atoms with E-state index in [1.165, 1.54) is 0 Å². The van der Waals surface area contributed by atoms with Crippen molar-refractivity contribution >= 4 is 12.3 Å². The Kier molecular flexibility index (Phi) is 11.1. The van der Waals surface area contributed by atoms with E-state index in [0.29, 0.717) is 32.0 Å². The highest BCUT2D eigenvalue weighted by Crippen LogP contribution is 2.25. The molecule has 6 nitrogen and oxygen atoms in total. The van der Waals surface area contributed by atoms with Gasteiger partial charge in [-0.2, -0.15) is 0 Å². The molecule has 152 valence electrons. The van der Waals surface area contributed by atoms with Gasteiger partial charge in [0.25, 0.3) is 0 Å². The first-order valence-corrected chi connectivity index (χ1v) is 10.1. The number of ether oxygens (including phenoxy) is 4. The molecule has 0 aliphatic heterocycles. The van der Waals surface area contributed by atoms with Crippen LogP contribution in [0, 0.1) is 11.8 Å². The van der Waals surface area contributed by atoms with Crippen LogP contribution in [0.15, 0.2) is 0 Å². The summed E-state index contributed by atoms with van der Waals surface area (Å²) in [5.74, 6) is 0.613. The minimum absolute atomic E-state index is 0.246. The Bertz CT molecular complexity index is 409. The summed E-state index contributed by atoms with van der Waals surface area (Å²) < 4.78 is 21.1. The molecule has 1 saturated carbocycles. The maximum atomic E-state index is 12.0. The van der Waals surface area contributed by atoms with Gasteiger partial charge in [-0.15, -0.1) is 0 Å². The Labute approximate surface area is 157 Å². The van der Waals surface area contributed by atoms with Crippen molar-refractivity contribution in [2.45, 2.75) is 91.3 Å². The zero-order valence-electron chi connectivity index (χ0n) is 16.8. The molecule has 0 aromatic carbocycles. The fourth-order valence-corrected chi connectivity index (χ4v) is 2.97. The van der Waals surface area contributed by atoms with Gasteiger partial charge in [0, 0.05) is 0 Å². The maximum absolute atomic E-state index is 12.0. The molecule has 0 aromatic rings. The molecule has 0 amide bonds. The van der Waals surface area contributed by atoms with E-state index >= 15 is 0 Å². The average molecular weight is 373 g/mol. The number of hydrogen-bond donors (Lipinski definition) is 0. The van der Waals surface area contributed by atoms with E-state index in [1.54, 1.807) is 0 Å². The monoisotopic (exact) mass is 372 g/mol. The lowest BCUT2D eigenvalue weighted by atomic mass is 9.95. The summed E-state index contributed by atoms with van der Waals surface area (Å²) in [5.41, 5.74) is 0. The molecule has 0 radical (unpaired) electrons. The van der Waals surface area contributed by atoms with Gasteiger partial charge in [-0.1, -0.05) is 47.0 Å². The van der Waals surface area contributed by atoms with Gasteiger partial charge in [0.05, 0.1) is 13.2 Å². The predicted molar refractivity (Wildman–Crippen MR) is 99.1 cm³/mol. The highest BCUT2D eigenvalue weighted by atomic mass is 16.8. The van der Waals surface area contributed by atoms with E-state index in [2.05, 4.69) is 13.8 Å². The Hall–Kier alpha value is -1.46. The summed E-state index contributed by atoms with van der Waals surface area (Å²) in [6, 6.07) is 0. The van der Waals surface area contributed by atoms with Crippen LogP contribution in [0.25, 0.3) is 0 Å². The smallest absolute Gasteiger partial charge is 0.434 e. The number of unbranched alkanes of at least 4 members (excludes halogenated alkanes) is 1. The van der Waals surface area contributed by atoms with Crippen LogP contribution in [0.2, 0.25) is 0 Å². The second kappa shape index (κ2) is 12.8. The zero-order valence-corrected chi connectivity index (χ0v) is 16.8. The highest BCUT2D eigenvalue weighted by molar-refractivity contribution is 5.61. The number of hydrogen-bond acceptors (Lipinski definition) is 6. The topological polar surface area (TPSA) is 71.1 Å². The first-order chi connectivity index (χ1) is 12.5. The number of carbonyl (C=O) groups is 2. The summed E-state index contributed by atoms with van der Waals surface area (Å²) >= 11 is 0. The predicted octanol–water partition coefficient (Wildman–Crippen LogP) is 5.48. The van der Waals surface area contributed by atoms with E-state index in [1.807, 2.05) is 13.8 Å². The van der Waals surface area contributed by atoms with E-state index in [4.69, 9.17) is 18.9 Å². The molecule has 0 spiro atoms. The van der Waals surface area contributed by atoms with Gasteiger partial charge in [0.15, 0.2) is 0 Å². The van der Waals surface area contributed by atoms with Gasteiger partial charge in [0.1, 0.15) is 12.2 Å². The second-order valence-electron chi connectivity index (χ2n) is 7.53. The molecule has 1 rings (SSSR count). The second-order valence-corrected chi connectivity index (χ2v) is 7.53. The lowest BCUT2D eigenvalue weighted by molar-refractivity contribution is -0.0739.